The number of hydrogen-bond acceptors (Lipinski definition) is 3. The molecule has 0 aliphatic rings. The highest BCUT2D eigenvalue weighted by Crippen LogP contribution is 2.29. The average molecular weight is 333 g/mol. The smallest absolute Gasteiger partial charge is 0.177 e. The number of benzene rings is 2. The molecule has 2 aromatic rings. The van der Waals surface area contributed by atoms with E-state index in [-0.39, 0.29) is 11.7 Å². The standard InChI is InChI=1S/C19H21ClO3/c1-11-7-16(14(4)19(22)13(11)3)10-23-18-6-5-15(8-12(18)2)17(21)9-20/h5-8,22H,9-10H2,1-4H3. The van der Waals surface area contributed by atoms with Crippen LogP contribution in [0.3, 0.4) is 0 Å². The topological polar surface area (TPSA) is 46.5 Å². The van der Waals surface area contributed by atoms with Crippen LogP contribution in [0, 0.1) is 27.7 Å². The first-order chi connectivity index (χ1) is 10.8. The van der Waals surface area contributed by atoms with Gasteiger partial charge in [-0.1, -0.05) is 6.07 Å². The Morgan fingerprint density at radius 1 is 1.09 bits per heavy atom. The van der Waals surface area contributed by atoms with E-state index >= 15 is 0 Å². The number of aromatic hydroxyl groups is 1. The van der Waals surface area contributed by atoms with Gasteiger partial charge in [0.1, 0.15) is 18.1 Å². The molecule has 2 aromatic carbocycles. The minimum absolute atomic E-state index is 0.0270. The lowest BCUT2D eigenvalue weighted by Gasteiger charge is -2.15. The van der Waals surface area contributed by atoms with Gasteiger partial charge in [0, 0.05) is 5.56 Å². The third-order valence-corrected chi connectivity index (χ3v) is 4.42. The molecule has 0 heterocycles. The predicted octanol–water partition coefficient (Wildman–Crippen LogP) is 4.63. The first-order valence-electron chi connectivity index (χ1n) is 7.46. The Morgan fingerprint density at radius 2 is 1.78 bits per heavy atom. The third-order valence-electron chi connectivity index (χ3n) is 4.18. The van der Waals surface area contributed by atoms with Crippen molar-refractivity contribution in [1.82, 2.24) is 0 Å². The van der Waals surface area contributed by atoms with Crippen LogP contribution in [0.15, 0.2) is 24.3 Å². The van der Waals surface area contributed by atoms with Crippen LogP contribution in [0.1, 0.15) is 38.2 Å². The summed E-state index contributed by atoms with van der Waals surface area (Å²) >= 11 is 5.58. The number of phenolic OH excluding ortho intramolecular Hbond substituents is 1. The first kappa shape index (κ1) is 17.4. The van der Waals surface area contributed by atoms with Gasteiger partial charge in [0.05, 0.1) is 5.88 Å². The SMILES string of the molecule is Cc1cc(C(=O)CCl)ccc1OCc1cc(C)c(C)c(O)c1C. The highest BCUT2D eigenvalue weighted by atomic mass is 35.5. The summed E-state index contributed by atoms with van der Waals surface area (Å²) in [6, 6.07) is 7.32. The Labute approximate surface area is 141 Å². The van der Waals surface area contributed by atoms with Crippen molar-refractivity contribution in [2.75, 3.05) is 5.88 Å². The lowest BCUT2D eigenvalue weighted by molar-refractivity contribution is 0.102. The van der Waals surface area contributed by atoms with Crippen LogP contribution >= 0.6 is 11.6 Å². The molecule has 0 spiro atoms. The largest absolute Gasteiger partial charge is 0.507 e. The van der Waals surface area contributed by atoms with E-state index in [1.54, 1.807) is 18.2 Å². The van der Waals surface area contributed by atoms with E-state index in [9.17, 15) is 9.90 Å². The summed E-state index contributed by atoms with van der Waals surface area (Å²) in [7, 11) is 0. The van der Waals surface area contributed by atoms with Gasteiger partial charge in [-0.2, -0.15) is 0 Å². The van der Waals surface area contributed by atoms with E-state index in [0.29, 0.717) is 23.7 Å². The molecule has 1 N–H and O–H groups in total. The van der Waals surface area contributed by atoms with Crippen LogP contribution in [0.4, 0.5) is 0 Å². The van der Waals surface area contributed by atoms with Crippen LogP contribution in [0.25, 0.3) is 0 Å². The fraction of sp³-hybridized carbons (Fsp3) is 0.316. The van der Waals surface area contributed by atoms with Crippen molar-refractivity contribution in [1.29, 1.82) is 0 Å². The van der Waals surface area contributed by atoms with Gasteiger partial charge in [0.2, 0.25) is 0 Å². The normalized spacial score (nSPS) is 10.7. The summed E-state index contributed by atoms with van der Waals surface area (Å²) in [6.45, 7) is 8.01. The van der Waals surface area contributed by atoms with Crippen molar-refractivity contribution in [2.24, 2.45) is 0 Å². The van der Waals surface area contributed by atoms with E-state index in [1.165, 1.54) is 0 Å². The minimum atomic E-state index is -0.101. The Balaban J connectivity index is 2.20. The van der Waals surface area contributed by atoms with E-state index in [4.69, 9.17) is 16.3 Å². The van der Waals surface area contributed by atoms with E-state index in [0.717, 1.165) is 27.8 Å². The summed E-state index contributed by atoms with van der Waals surface area (Å²) in [5.41, 5.74) is 5.18. The van der Waals surface area contributed by atoms with Crippen LogP contribution in [-0.2, 0) is 6.61 Å². The summed E-state index contributed by atoms with van der Waals surface area (Å²) in [4.78, 5) is 11.6. The van der Waals surface area contributed by atoms with Gasteiger partial charge in [-0.3, -0.25) is 4.79 Å². The van der Waals surface area contributed by atoms with Crippen molar-refractivity contribution in [2.45, 2.75) is 34.3 Å². The van der Waals surface area contributed by atoms with Gasteiger partial charge in [-0.05, 0) is 73.7 Å². The lowest BCUT2D eigenvalue weighted by Crippen LogP contribution is -2.04. The molecule has 23 heavy (non-hydrogen) atoms. The quantitative estimate of drug-likeness (QED) is 0.641. The monoisotopic (exact) mass is 332 g/mol. The highest BCUT2D eigenvalue weighted by molar-refractivity contribution is 6.30. The molecule has 2 rings (SSSR count). The van der Waals surface area contributed by atoms with Crippen molar-refractivity contribution < 1.29 is 14.6 Å². The Bertz CT molecular complexity index is 751. The van der Waals surface area contributed by atoms with Crippen LogP contribution in [-0.4, -0.2) is 16.8 Å². The molecule has 0 unspecified atom stereocenters. The molecular formula is C19H21ClO3. The van der Waals surface area contributed by atoms with Gasteiger partial charge >= 0.3 is 0 Å². The van der Waals surface area contributed by atoms with Gasteiger partial charge in [0.15, 0.2) is 5.78 Å². The number of ketones is 1. The number of ether oxygens (including phenoxy) is 1. The number of phenols is 1. The van der Waals surface area contributed by atoms with E-state index in [1.807, 2.05) is 33.8 Å². The number of hydrogen-bond donors (Lipinski definition) is 1. The molecule has 0 aromatic heterocycles. The molecule has 0 bridgehead atoms. The summed E-state index contributed by atoms with van der Waals surface area (Å²) in [5, 5.41) is 10.1. The zero-order valence-electron chi connectivity index (χ0n) is 13.9. The molecule has 0 saturated heterocycles. The maximum Gasteiger partial charge on any atom is 0.177 e. The van der Waals surface area contributed by atoms with Crippen LogP contribution < -0.4 is 4.74 Å². The third kappa shape index (κ3) is 3.67. The van der Waals surface area contributed by atoms with Gasteiger partial charge in [-0.15, -0.1) is 11.6 Å². The Hall–Kier alpha value is -2.00. The summed E-state index contributed by atoms with van der Waals surface area (Å²) in [6.07, 6.45) is 0. The fourth-order valence-electron chi connectivity index (χ4n) is 2.47. The van der Waals surface area contributed by atoms with Crippen molar-refractivity contribution in [3.05, 3.63) is 57.6 Å². The average Bonchev–Trinajstić information content (AvgIpc) is 2.55. The molecule has 0 amide bonds. The minimum Gasteiger partial charge on any atom is -0.507 e. The Kier molecular flexibility index (Phi) is 5.32. The number of Topliss-reactive ketones (excluding diaryl/α,β-unsaturated/α-hetero) is 1. The predicted molar refractivity (Wildman–Crippen MR) is 92.9 cm³/mol. The number of halogens is 1. The molecule has 0 fully saturated rings. The highest BCUT2D eigenvalue weighted by Gasteiger charge is 2.11. The molecule has 0 radical (unpaired) electrons. The summed E-state index contributed by atoms with van der Waals surface area (Å²) in [5.74, 6) is 0.911. The zero-order chi connectivity index (χ0) is 17.1. The maximum absolute atomic E-state index is 11.6. The molecule has 0 atom stereocenters. The number of alkyl halides is 1. The molecule has 3 nitrogen and oxygen atoms in total. The van der Waals surface area contributed by atoms with Gasteiger partial charge < -0.3 is 9.84 Å². The molecule has 4 heteroatoms. The number of carbonyl (C=O) groups excluding carboxylic acids is 1. The number of carbonyl (C=O) groups is 1. The van der Waals surface area contributed by atoms with E-state index in [2.05, 4.69) is 0 Å². The first-order valence-corrected chi connectivity index (χ1v) is 7.99. The molecule has 0 aliphatic heterocycles. The second-order valence-electron chi connectivity index (χ2n) is 5.78. The molecule has 0 saturated carbocycles. The second kappa shape index (κ2) is 7.05. The number of rotatable bonds is 5. The molecular weight excluding hydrogens is 312 g/mol. The summed E-state index contributed by atoms with van der Waals surface area (Å²) < 4.78 is 5.87. The van der Waals surface area contributed by atoms with Crippen molar-refractivity contribution in [3.63, 3.8) is 0 Å². The van der Waals surface area contributed by atoms with Crippen LogP contribution in [0.2, 0.25) is 0 Å². The van der Waals surface area contributed by atoms with Gasteiger partial charge in [-0.25, -0.2) is 0 Å². The van der Waals surface area contributed by atoms with E-state index < -0.39 is 0 Å². The van der Waals surface area contributed by atoms with Gasteiger partial charge in [0.25, 0.3) is 0 Å². The lowest BCUT2D eigenvalue weighted by atomic mass is 9.99. The fourth-order valence-corrected chi connectivity index (χ4v) is 2.62. The second-order valence-corrected chi connectivity index (χ2v) is 6.04. The Morgan fingerprint density at radius 3 is 2.39 bits per heavy atom. The maximum atomic E-state index is 11.6. The molecule has 122 valence electrons. The number of aryl methyl sites for hydroxylation is 2. The van der Waals surface area contributed by atoms with Crippen LogP contribution in [0.5, 0.6) is 11.5 Å². The van der Waals surface area contributed by atoms with Crippen molar-refractivity contribution in [3.8, 4) is 11.5 Å². The van der Waals surface area contributed by atoms with Crippen molar-refractivity contribution >= 4 is 17.4 Å². The molecule has 0 aliphatic carbocycles. The zero-order valence-corrected chi connectivity index (χ0v) is 14.6.